The summed E-state index contributed by atoms with van der Waals surface area (Å²) in [6, 6.07) is 0. The van der Waals surface area contributed by atoms with Gasteiger partial charge in [0.1, 0.15) is 0 Å². The van der Waals surface area contributed by atoms with Crippen LogP contribution in [0, 0.1) is 5.41 Å². The van der Waals surface area contributed by atoms with E-state index in [0.717, 1.165) is 19.4 Å². The molecular weight excluding hydrogens is 216 g/mol. The van der Waals surface area contributed by atoms with Crippen LogP contribution in [0.3, 0.4) is 0 Å². The number of carboxylic acid groups (broad SMARTS) is 1. The maximum Gasteiger partial charge on any atom is 0.310 e. The fraction of sp³-hybridized carbons (Fsp3) is 0.900. The predicted molar refractivity (Wildman–Crippen MR) is 58.3 cm³/mol. The van der Waals surface area contributed by atoms with Crippen molar-refractivity contribution >= 4 is 16.8 Å². The molecule has 1 aliphatic heterocycles. The maximum absolute atomic E-state index is 11.7. The fourth-order valence-electron chi connectivity index (χ4n) is 1.51. The van der Waals surface area contributed by atoms with Crippen LogP contribution in [0.25, 0.3) is 0 Å². The Kier molecular flexibility index (Phi) is 4.28. The third kappa shape index (κ3) is 3.91. The average Bonchev–Trinajstić information content (AvgIpc) is 2.54. The van der Waals surface area contributed by atoms with E-state index in [4.69, 9.17) is 9.84 Å². The van der Waals surface area contributed by atoms with Gasteiger partial charge in [-0.2, -0.15) is 0 Å². The summed E-state index contributed by atoms with van der Waals surface area (Å²) in [5, 5.41) is 8.89. The second-order valence-electron chi connectivity index (χ2n) is 4.57. The van der Waals surface area contributed by atoms with Crippen molar-refractivity contribution in [3.63, 3.8) is 0 Å². The van der Waals surface area contributed by atoms with E-state index in [9.17, 15) is 9.00 Å². The Morgan fingerprint density at radius 1 is 1.60 bits per heavy atom. The number of carbonyl (C=O) groups is 1. The molecule has 1 N–H and O–H groups in total. The van der Waals surface area contributed by atoms with Gasteiger partial charge in [-0.3, -0.25) is 9.00 Å². The predicted octanol–water partition coefficient (Wildman–Crippen LogP) is 1.02. The first-order valence-corrected chi connectivity index (χ1v) is 6.60. The third-order valence-corrected chi connectivity index (χ3v) is 4.28. The monoisotopic (exact) mass is 234 g/mol. The van der Waals surface area contributed by atoms with Crippen molar-refractivity contribution < 1.29 is 18.8 Å². The Morgan fingerprint density at radius 2 is 2.27 bits per heavy atom. The summed E-state index contributed by atoms with van der Waals surface area (Å²) in [7, 11) is -1.11. The SMILES string of the molecule is CC(C)(CS(=O)CC1CCCO1)C(=O)O. The minimum atomic E-state index is -1.11. The van der Waals surface area contributed by atoms with Crippen molar-refractivity contribution in [3.05, 3.63) is 0 Å². The zero-order chi connectivity index (χ0) is 11.5. The summed E-state index contributed by atoms with van der Waals surface area (Å²) in [5.74, 6) is -0.234. The normalized spacial score (nSPS) is 24.0. The highest BCUT2D eigenvalue weighted by Crippen LogP contribution is 2.19. The van der Waals surface area contributed by atoms with Gasteiger partial charge in [0.15, 0.2) is 0 Å². The Hall–Kier alpha value is -0.420. The van der Waals surface area contributed by atoms with Crippen molar-refractivity contribution in [1.29, 1.82) is 0 Å². The molecular formula is C10H18O4S. The minimum Gasteiger partial charge on any atom is -0.481 e. The van der Waals surface area contributed by atoms with E-state index in [-0.39, 0.29) is 11.9 Å². The van der Waals surface area contributed by atoms with Crippen LogP contribution < -0.4 is 0 Å². The third-order valence-electron chi connectivity index (χ3n) is 2.50. The van der Waals surface area contributed by atoms with E-state index in [1.807, 2.05) is 0 Å². The molecule has 1 saturated heterocycles. The van der Waals surface area contributed by atoms with E-state index >= 15 is 0 Å². The Morgan fingerprint density at radius 3 is 2.73 bits per heavy atom. The van der Waals surface area contributed by atoms with Crippen molar-refractivity contribution in [1.82, 2.24) is 0 Å². The summed E-state index contributed by atoms with van der Waals surface area (Å²) in [6.07, 6.45) is 2.03. The van der Waals surface area contributed by atoms with Crippen molar-refractivity contribution in [2.24, 2.45) is 5.41 Å². The Balaban J connectivity index is 2.38. The topological polar surface area (TPSA) is 63.6 Å². The number of aliphatic carboxylic acids is 1. The van der Waals surface area contributed by atoms with Gasteiger partial charge >= 0.3 is 5.97 Å². The second kappa shape index (κ2) is 5.07. The van der Waals surface area contributed by atoms with Gasteiger partial charge in [0.05, 0.1) is 11.5 Å². The molecule has 0 aromatic carbocycles. The van der Waals surface area contributed by atoms with E-state index < -0.39 is 22.2 Å². The summed E-state index contributed by atoms with van der Waals surface area (Å²) >= 11 is 0. The van der Waals surface area contributed by atoms with Gasteiger partial charge in [-0.1, -0.05) is 0 Å². The lowest BCUT2D eigenvalue weighted by Gasteiger charge is -2.19. The van der Waals surface area contributed by atoms with Crippen LogP contribution in [-0.2, 0) is 20.3 Å². The lowest BCUT2D eigenvalue weighted by molar-refractivity contribution is -0.145. The van der Waals surface area contributed by atoms with Gasteiger partial charge in [-0.15, -0.1) is 0 Å². The number of hydrogen-bond acceptors (Lipinski definition) is 3. The molecule has 0 aromatic rings. The van der Waals surface area contributed by atoms with E-state index in [0.29, 0.717) is 5.75 Å². The molecule has 0 aliphatic carbocycles. The van der Waals surface area contributed by atoms with Crippen LogP contribution >= 0.6 is 0 Å². The Labute approximate surface area is 92.5 Å². The lowest BCUT2D eigenvalue weighted by Crippen LogP contribution is -2.32. The van der Waals surface area contributed by atoms with Gasteiger partial charge in [0.2, 0.25) is 0 Å². The first-order valence-electron chi connectivity index (χ1n) is 5.12. The number of carboxylic acids is 1. The smallest absolute Gasteiger partial charge is 0.310 e. The van der Waals surface area contributed by atoms with Crippen LogP contribution in [0.5, 0.6) is 0 Å². The van der Waals surface area contributed by atoms with Crippen molar-refractivity contribution in [2.45, 2.75) is 32.8 Å². The first-order chi connectivity index (χ1) is 6.92. The summed E-state index contributed by atoms with van der Waals surface area (Å²) in [6.45, 7) is 3.94. The highest BCUT2D eigenvalue weighted by atomic mass is 32.2. The van der Waals surface area contributed by atoms with Crippen LogP contribution in [-0.4, -0.2) is 39.5 Å². The van der Waals surface area contributed by atoms with Gasteiger partial charge in [0, 0.05) is 28.9 Å². The summed E-state index contributed by atoms with van der Waals surface area (Å²) in [5.41, 5.74) is -0.913. The summed E-state index contributed by atoms with van der Waals surface area (Å²) < 4.78 is 17.0. The highest BCUT2D eigenvalue weighted by Gasteiger charge is 2.30. The molecule has 0 spiro atoms. The van der Waals surface area contributed by atoms with Gasteiger partial charge < -0.3 is 9.84 Å². The molecule has 1 rings (SSSR count). The molecule has 88 valence electrons. The molecule has 15 heavy (non-hydrogen) atoms. The van der Waals surface area contributed by atoms with Crippen LogP contribution in [0.4, 0.5) is 0 Å². The largest absolute Gasteiger partial charge is 0.481 e. The fourth-order valence-corrected chi connectivity index (χ4v) is 3.23. The molecule has 0 radical (unpaired) electrons. The molecule has 0 aromatic heterocycles. The van der Waals surface area contributed by atoms with Crippen molar-refractivity contribution in [3.8, 4) is 0 Å². The molecule has 5 heteroatoms. The van der Waals surface area contributed by atoms with E-state index in [2.05, 4.69) is 0 Å². The van der Waals surface area contributed by atoms with Crippen LogP contribution in [0.1, 0.15) is 26.7 Å². The standard InChI is InChI=1S/C10H18O4S/c1-10(2,9(11)12)7-15(13)6-8-4-3-5-14-8/h8H,3-7H2,1-2H3,(H,11,12). The average molecular weight is 234 g/mol. The molecule has 1 fully saturated rings. The van der Waals surface area contributed by atoms with Gasteiger partial charge in [0.25, 0.3) is 0 Å². The van der Waals surface area contributed by atoms with Gasteiger partial charge in [-0.05, 0) is 26.7 Å². The summed E-state index contributed by atoms with van der Waals surface area (Å²) in [4.78, 5) is 10.8. The van der Waals surface area contributed by atoms with E-state index in [1.54, 1.807) is 13.8 Å². The lowest BCUT2D eigenvalue weighted by atomic mass is 9.97. The quantitative estimate of drug-likeness (QED) is 0.771. The number of hydrogen-bond donors (Lipinski definition) is 1. The molecule has 0 bridgehead atoms. The molecule has 0 saturated carbocycles. The zero-order valence-corrected chi connectivity index (χ0v) is 10.0. The molecule has 2 unspecified atom stereocenters. The maximum atomic E-state index is 11.7. The molecule has 1 heterocycles. The van der Waals surface area contributed by atoms with Crippen molar-refractivity contribution in [2.75, 3.05) is 18.1 Å². The molecule has 1 aliphatic rings. The first kappa shape index (κ1) is 12.6. The number of ether oxygens (including phenoxy) is 1. The van der Waals surface area contributed by atoms with Crippen LogP contribution in [0.15, 0.2) is 0 Å². The van der Waals surface area contributed by atoms with E-state index in [1.165, 1.54) is 0 Å². The number of rotatable bonds is 5. The molecule has 4 nitrogen and oxygen atoms in total. The Bertz CT molecular complexity index is 256. The second-order valence-corrected chi connectivity index (χ2v) is 6.08. The minimum absolute atomic E-state index is 0.0652. The molecule has 0 amide bonds. The van der Waals surface area contributed by atoms with Gasteiger partial charge in [-0.25, -0.2) is 0 Å². The highest BCUT2D eigenvalue weighted by molar-refractivity contribution is 7.85. The molecule has 2 atom stereocenters. The zero-order valence-electron chi connectivity index (χ0n) is 9.19. The van der Waals surface area contributed by atoms with Crippen LogP contribution in [0.2, 0.25) is 0 Å².